The molecule has 0 amide bonds. The number of carboxylic acid groups (broad SMARTS) is 1. The summed E-state index contributed by atoms with van der Waals surface area (Å²) in [5, 5.41) is 13.5. The van der Waals surface area contributed by atoms with E-state index in [1.807, 2.05) is 31.2 Å². The lowest BCUT2D eigenvalue weighted by Crippen LogP contribution is -2.32. The standard InChI is InChI=1S/C24H26N4O3S/c1-15-13-19(16(2)28(15)18-8-6-7-17(14-18)23(29)30)22-21(20-9-4-5-10-25-20)26-24(32)27(22)11-12-31-3/h4-10,13-14,21-22H,11-12H2,1-3H3,(H,26,32)(H,29,30)/t21-,22-/m1/s1. The summed E-state index contributed by atoms with van der Waals surface area (Å²) in [5.74, 6) is -0.944. The Morgan fingerprint density at radius 1 is 1.22 bits per heavy atom. The van der Waals surface area contributed by atoms with Crippen LogP contribution in [0.5, 0.6) is 0 Å². The van der Waals surface area contributed by atoms with Gasteiger partial charge in [0.1, 0.15) is 0 Å². The lowest BCUT2D eigenvalue weighted by Gasteiger charge is -2.28. The number of ether oxygens (including phenoxy) is 1. The number of nitrogens with zero attached hydrogens (tertiary/aromatic N) is 3. The highest BCUT2D eigenvalue weighted by Crippen LogP contribution is 2.41. The first-order valence-electron chi connectivity index (χ1n) is 10.4. The van der Waals surface area contributed by atoms with Crippen LogP contribution in [-0.2, 0) is 4.74 Å². The molecular weight excluding hydrogens is 424 g/mol. The van der Waals surface area contributed by atoms with Gasteiger partial charge in [0.05, 0.1) is 29.9 Å². The first kappa shape index (κ1) is 22.0. The molecule has 0 spiro atoms. The molecule has 0 saturated carbocycles. The molecule has 0 aliphatic carbocycles. The molecule has 1 aliphatic heterocycles. The second-order valence-electron chi connectivity index (χ2n) is 7.83. The van der Waals surface area contributed by atoms with Crippen LogP contribution in [0.2, 0.25) is 0 Å². The van der Waals surface area contributed by atoms with Crippen molar-refractivity contribution < 1.29 is 14.6 Å². The third-order valence-corrected chi connectivity index (χ3v) is 6.23. The fourth-order valence-electron chi connectivity index (χ4n) is 4.44. The van der Waals surface area contributed by atoms with Crippen LogP contribution in [0, 0.1) is 13.8 Å². The van der Waals surface area contributed by atoms with E-state index < -0.39 is 5.97 Å². The molecule has 0 radical (unpaired) electrons. The van der Waals surface area contributed by atoms with Crippen molar-refractivity contribution in [3.05, 3.63) is 82.9 Å². The van der Waals surface area contributed by atoms with E-state index in [0.29, 0.717) is 18.3 Å². The van der Waals surface area contributed by atoms with Crippen molar-refractivity contribution in [2.24, 2.45) is 0 Å². The van der Waals surface area contributed by atoms with Crippen molar-refractivity contribution in [2.45, 2.75) is 25.9 Å². The average Bonchev–Trinajstić information content (AvgIpc) is 3.27. The van der Waals surface area contributed by atoms with Gasteiger partial charge in [-0.3, -0.25) is 4.98 Å². The summed E-state index contributed by atoms with van der Waals surface area (Å²) >= 11 is 5.69. The van der Waals surface area contributed by atoms with Crippen molar-refractivity contribution in [1.29, 1.82) is 0 Å². The lowest BCUT2D eigenvalue weighted by atomic mass is 9.97. The van der Waals surface area contributed by atoms with Crippen LogP contribution in [0.25, 0.3) is 5.69 Å². The Morgan fingerprint density at radius 3 is 2.72 bits per heavy atom. The minimum atomic E-state index is -0.944. The van der Waals surface area contributed by atoms with Crippen LogP contribution < -0.4 is 5.32 Å². The number of pyridine rings is 1. The van der Waals surface area contributed by atoms with Gasteiger partial charge in [-0.1, -0.05) is 12.1 Å². The predicted octanol–water partition coefficient (Wildman–Crippen LogP) is 3.81. The number of hydrogen-bond acceptors (Lipinski definition) is 4. The van der Waals surface area contributed by atoms with Gasteiger partial charge in [-0.15, -0.1) is 0 Å². The van der Waals surface area contributed by atoms with Crippen LogP contribution in [0.1, 0.15) is 45.1 Å². The molecule has 1 aromatic carbocycles. The number of hydrogen-bond donors (Lipinski definition) is 2. The number of rotatable bonds is 7. The predicted molar refractivity (Wildman–Crippen MR) is 126 cm³/mol. The first-order valence-corrected chi connectivity index (χ1v) is 10.8. The lowest BCUT2D eigenvalue weighted by molar-refractivity contribution is 0.0697. The normalized spacial score (nSPS) is 18.1. The molecule has 2 atom stereocenters. The maximum Gasteiger partial charge on any atom is 0.335 e. The molecular formula is C24H26N4O3S. The maximum atomic E-state index is 11.5. The zero-order chi connectivity index (χ0) is 22.8. The van der Waals surface area contributed by atoms with Gasteiger partial charge in [0, 0.05) is 36.9 Å². The van der Waals surface area contributed by atoms with E-state index in [1.165, 1.54) is 0 Å². The summed E-state index contributed by atoms with van der Waals surface area (Å²) in [6.45, 7) is 5.28. The van der Waals surface area contributed by atoms with Crippen LogP contribution in [0.4, 0.5) is 0 Å². The van der Waals surface area contributed by atoms with Gasteiger partial charge in [0.2, 0.25) is 0 Å². The number of aromatic nitrogens is 2. The molecule has 8 heteroatoms. The first-order chi connectivity index (χ1) is 15.4. The third kappa shape index (κ3) is 3.99. The smallest absolute Gasteiger partial charge is 0.335 e. The van der Waals surface area contributed by atoms with E-state index in [4.69, 9.17) is 17.0 Å². The highest BCUT2D eigenvalue weighted by atomic mass is 32.1. The molecule has 7 nitrogen and oxygen atoms in total. The second-order valence-corrected chi connectivity index (χ2v) is 8.22. The Kier molecular flexibility index (Phi) is 6.25. The molecule has 1 saturated heterocycles. The SMILES string of the molecule is COCCN1C(=S)N[C@H](c2ccccn2)[C@H]1c1cc(C)n(-c2cccc(C(=O)O)c2)c1C. The third-order valence-electron chi connectivity index (χ3n) is 5.87. The molecule has 4 rings (SSSR count). The van der Waals surface area contributed by atoms with Crippen LogP contribution in [-0.4, -0.2) is 50.9 Å². The Bertz CT molecular complexity index is 1150. The number of methoxy groups -OCH3 is 1. The molecule has 3 heterocycles. The number of aromatic carboxylic acids is 1. The highest BCUT2D eigenvalue weighted by Gasteiger charge is 2.41. The van der Waals surface area contributed by atoms with E-state index in [1.54, 1.807) is 31.5 Å². The van der Waals surface area contributed by atoms with Crippen molar-refractivity contribution >= 4 is 23.3 Å². The van der Waals surface area contributed by atoms with Gasteiger partial charge in [-0.2, -0.15) is 0 Å². The average molecular weight is 451 g/mol. The summed E-state index contributed by atoms with van der Waals surface area (Å²) in [6.07, 6.45) is 1.79. The molecule has 32 heavy (non-hydrogen) atoms. The molecule has 166 valence electrons. The number of carbonyl (C=O) groups is 1. The van der Waals surface area contributed by atoms with Gasteiger partial charge < -0.3 is 24.6 Å². The summed E-state index contributed by atoms with van der Waals surface area (Å²) in [7, 11) is 1.68. The summed E-state index contributed by atoms with van der Waals surface area (Å²) in [5.41, 5.74) is 5.15. The van der Waals surface area contributed by atoms with Crippen LogP contribution >= 0.6 is 12.2 Å². The minimum Gasteiger partial charge on any atom is -0.478 e. The fourth-order valence-corrected chi connectivity index (χ4v) is 4.77. The monoisotopic (exact) mass is 450 g/mol. The molecule has 2 aromatic heterocycles. The van der Waals surface area contributed by atoms with Crippen molar-refractivity contribution in [2.75, 3.05) is 20.3 Å². The molecule has 3 aromatic rings. The van der Waals surface area contributed by atoms with Gasteiger partial charge in [0.15, 0.2) is 5.11 Å². The van der Waals surface area contributed by atoms with E-state index in [-0.39, 0.29) is 17.6 Å². The largest absolute Gasteiger partial charge is 0.478 e. The van der Waals surface area contributed by atoms with E-state index in [2.05, 4.69) is 32.8 Å². The van der Waals surface area contributed by atoms with E-state index in [0.717, 1.165) is 28.3 Å². The van der Waals surface area contributed by atoms with Gasteiger partial charge >= 0.3 is 5.97 Å². The number of nitrogens with one attached hydrogen (secondary N) is 1. The molecule has 0 bridgehead atoms. The molecule has 0 unspecified atom stereocenters. The number of carboxylic acids is 1. The minimum absolute atomic E-state index is 0.0739. The Labute approximate surface area is 192 Å². The number of benzene rings is 1. The zero-order valence-corrected chi connectivity index (χ0v) is 19.1. The quantitative estimate of drug-likeness (QED) is 0.530. The van der Waals surface area contributed by atoms with Crippen molar-refractivity contribution in [1.82, 2.24) is 19.8 Å². The Balaban J connectivity index is 1.82. The van der Waals surface area contributed by atoms with E-state index >= 15 is 0 Å². The van der Waals surface area contributed by atoms with Crippen molar-refractivity contribution in [3.63, 3.8) is 0 Å². The second kappa shape index (κ2) is 9.10. The van der Waals surface area contributed by atoms with E-state index in [9.17, 15) is 9.90 Å². The van der Waals surface area contributed by atoms with Gasteiger partial charge in [-0.25, -0.2) is 4.79 Å². The van der Waals surface area contributed by atoms with Gasteiger partial charge in [-0.05, 0) is 68.0 Å². The topological polar surface area (TPSA) is 79.6 Å². The van der Waals surface area contributed by atoms with Gasteiger partial charge in [0.25, 0.3) is 0 Å². The fraction of sp³-hybridized carbons (Fsp3) is 0.292. The maximum absolute atomic E-state index is 11.5. The van der Waals surface area contributed by atoms with Crippen molar-refractivity contribution in [3.8, 4) is 5.69 Å². The van der Waals surface area contributed by atoms with Crippen LogP contribution in [0.3, 0.4) is 0 Å². The summed E-state index contributed by atoms with van der Waals surface area (Å²) in [6, 6.07) is 14.8. The zero-order valence-electron chi connectivity index (χ0n) is 18.3. The highest BCUT2D eigenvalue weighted by molar-refractivity contribution is 7.80. The molecule has 2 N–H and O–H groups in total. The van der Waals surface area contributed by atoms with Crippen LogP contribution in [0.15, 0.2) is 54.7 Å². The summed E-state index contributed by atoms with van der Waals surface area (Å²) in [4.78, 5) is 18.2. The Hall–Kier alpha value is -3.23. The number of aryl methyl sites for hydroxylation is 1. The molecule has 1 aliphatic rings. The number of thiocarbonyl (C=S) groups is 1. The summed E-state index contributed by atoms with van der Waals surface area (Å²) < 4.78 is 7.43. The Morgan fingerprint density at radius 2 is 2.03 bits per heavy atom. The molecule has 1 fully saturated rings.